The van der Waals surface area contributed by atoms with Gasteiger partial charge in [-0.2, -0.15) is 5.10 Å². The van der Waals surface area contributed by atoms with Gasteiger partial charge in [-0.15, -0.1) is 0 Å². The molecule has 1 saturated heterocycles. The lowest BCUT2D eigenvalue weighted by molar-refractivity contribution is -0.142. The van der Waals surface area contributed by atoms with Crippen molar-refractivity contribution in [3.63, 3.8) is 0 Å². The number of rotatable bonds is 2. The van der Waals surface area contributed by atoms with Crippen LogP contribution in [-0.4, -0.2) is 44.8 Å². The molecule has 0 bridgehead atoms. The van der Waals surface area contributed by atoms with Crippen LogP contribution in [-0.2, 0) is 11.8 Å². The predicted octanol–water partition coefficient (Wildman–Crippen LogP) is 0.521. The van der Waals surface area contributed by atoms with Crippen LogP contribution >= 0.6 is 0 Å². The lowest BCUT2D eigenvalue weighted by Crippen LogP contribution is -2.31. The Morgan fingerprint density at radius 3 is 2.56 bits per heavy atom. The van der Waals surface area contributed by atoms with Gasteiger partial charge in [-0.25, -0.2) is 0 Å². The fraction of sp³-hybridized carbons (Fsp3) is 0.583. The Morgan fingerprint density at radius 1 is 1.44 bits per heavy atom. The molecule has 0 spiro atoms. The van der Waals surface area contributed by atoms with E-state index in [1.165, 1.54) is 4.68 Å². The molecule has 2 atom stereocenters. The Kier molecular flexibility index (Phi) is 3.11. The van der Waals surface area contributed by atoms with Crippen molar-refractivity contribution in [3.05, 3.63) is 17.5 Å². The normalized spacial score (nSPS) is 23.4. The van der Waals surface area contributed by atoms with Crippen LogP contribution in [0.15, 0.2) is 6.07 Å². The molecule has 0 aromatic carbocycles. The highest BCUT2D eigenvalue weighted by Gasteiger charge is 2.37. The second-order valence-corrected chi connectivity index (χ2v) is 4.93. The summed E-state index contributed by atoms with van der Waals surface area (Å²) in [4.78, 5) is 24.9. The van der Waals surface area contributed by atoms with E-state index in [2.05, 4.69) is 5.10 Å². The molecule has 0 aliphatic carbocycles. The third-order valence-corrected chi connectivity index (χ3v) is 3.44. The van der Waals surface area contributed by atoms with Crippen LogP contribution in [0.1, 0.15) is 23.1 Å². The third-order valence-electron chi connectivity index (χ3n) is 3.44. The van der Waals surface area contributed by atoms with Gasteiger partial charge in [0.1, 0.15) is 5.69 Å². The monoisotopic (exact) mass is 251 g/mol. The largest absolute Gasteiger partial charge is 0.481 e. The van der Waals surface area contributed by atoms with Crippen LogP contribution < -0.4 is 0 Å². The third kappa shape index (κ3) is 2.10. The van der Waals surface area contributed by atoms with Gasteiger partial charge in [0.15, 0.2) is 0 Å². The second kappa shape index (κ2) is 4.44. The van der Waals surface area contributed by atoms with E-state index in [1.807, 2.05) is 13.8 Å². The maximum Gasteiger partial charge on any atom is 0.308 e. The number of likely N-dealkylation sites (tertiary alicyclic amines) is 1. The molecule has 98 valence electrons. The van der Waals surface area contributed by atoms with Crippen LogP contribution in [0.25, 0.3) is 0 Å². The maximum atomic E-state index is 12.3. The summed E-state index contributed by atoms with van der Waals surface area (Å²) in [6, 6.07) is 1.72. The average Bonchev–Trinajstić information content (AvgIpc) is 2.81. The zero-order chi connectivity index (χ0) is 13.4. The van der Waals surface area contributed by atoms with E-state index < -0.39 is 11.9 Å². The Morgan fingerprint density at radius 2 is 2.11 bits per heavy atom. The molecule has 2 rings (SSSR count). The van der Waals surface area contributed by atoms with Crippen LogP contribution in [0.3, 0.4) is 0 Å². The predicted molar refractivity (Wildman–Crippen MR) is 64.1 cm³/mol. The molecule has 1 aromatic heterocycles. The molecule has 1 fully saturated rings. The van der Waals surface area contributed by atoms with E-state index in [4.69, 9.17) is 5.11 Å². The molecule has 1 aliphatic heterocycles. The highest BCUT2D eigenvalue weighted by molar-refractivity contribution is 5.93. The number of carbonyl (C=O) groups excluding carboxylic acids is 1. The summed E-state index contributed by atoms with van der Waals surface area (Å²) in [5, 5.41) is 13.2. The molecule has 1 amide bonds. The Labute approximate surface area is 105 Å². The second-order valence-electron chi connectivity index (χ2n) is 4.93. The molecule has 6 heteroatoms. The van der Waals surface area contributed by atoms with Gasteiger partial charge in [0.25, 0.3) is 5.91 Å². The number of nitrogens with zero attached hydrogens (tertiary/aromatic N) is 3. The minimum atomic E-state index is -0.834. The van der Waals surface area contributed by atoms with Crippen LogP contribution in [0, 0.1) is 18.8 Å². The van der Waals surface area contributed by atoms with Gasteiger partial charge in [0, 0.05) is 20.1 Å². The Bertz CT molecular complexity index is 495. The highest BCUT2D eigenvalue weighted by Crippen LogP contribution is 2.24. The quantitative estimate of drug-likeness (QED) is 0.831. The summed E-state index contributed by atoms with van der Waals surface area (Å²) >= 11 is 0. The van der Waals surface area contributed by atoms with Crippen molar-refractivity contribution in [2.75, 3.05) is 13.1 Å². The zero-order valence-corrected chi connectivity index (χ0v) is 10.8. The summed E-state index contributed by atoms with van der Waals surface area (Å²) in [5.74, 6) is -1.46. The summed E-state index contributed by atoms with van der Waals surface area (Å²) in [6.45, 7) is 4.45. The standard InChI is InChI=1S/C12H17N3O3/c1-7-5-15(6-9(7)12(17)18)11(16)10-4-8(2)13-14(10)3/h4,7,9H,5-6H2,1-3H3,(H,17,18)/t7-,9-/m1/s1. The number of hydrogen-bond donors (Lipinski definition) is 1. The zero-order valence-electron chi connectivity index (χ0n) is 10.8. The van der Waals surface area contributed by atoms with Crippen molar-refractivity contribution >= 4 is 11.9 Å². The molecule has 1 N–H and O–H groups in total. The van der Waals surface area contributed by atoms with Gasteiger partial charge in [-0.05, 0) is 18.9 Å². The molecule has 0 radical (unpaired) electrons. The van der Waals surface area contributed by atoms with Crippen molar-refractivity contribution < 1.29 is 14.7 Å². The lowest BCUT2D eigenvalue weighted by Gasteiger charge is -2.15. The first-order chi connectivity index (χ1) is 8.40. The first kappa shape index (κ1) is 12.6. The van der Waals surface area contributed by atoms with Crippen molar-refractivity contribution in [2.45, 2.75) is 13.8 Å². The van der Waals surface area contributed by atoms with E-state index >= 15 is 0 Å². The molecule has 2 heterocycles. The number of aromatic nitrogens is 2. The minimum absolute atomic E-state index is 0.0132. The fourth-order valence-corrected chi connectivity index (χ4v) is 2.43. The van der Waals surface area contributed by atoms with Crippen molar-refractivity contribution in [1.82, 2.24) is 14.7 Å². The number of hydrogen-bond acceptors (Lipinski definition) is 3. The Hall–Kier alpha value is -1.85. The molecular formula is C12H17N3O3. The number of carboxylic acids is 1. The molecular weight excluding hydrogens is 234 g/mol. The average molecular weight is 251 g/mol. The van der Waals surface area contributed by atoms with E-state index in [1.54, 1.807) is 18.0 Å². The fourth-order valence-electron chi connectivity index (χ4n) is 2.43. The summed E-state index contributed by atoms with van der Waals surface area (Å²) in [6.07, 6.45) is 0. The highest BCUT2D eigenvalue weighted by atomic mass is 16.4. The number of amides is 1. The smallest absolute Gasteiger partial charge is 0.308 e. The lowest BCUT2D eigenvalue weighted by atomic mass is 9.99. The summed E-state index contributed by atoms with van der Waals surface area (Å²) in [7, 11) is 1.72. The van der Waals surface area contributed by atoms with E-state index in [0.717, 1.165) is 5.69 Å². The number of aliphatic carboxylic acids is 1. The molecule has 18 heavy (non-hydrogen) atoms. The molecule has 1 aromatic rings. The maximum absolute atomic E-state index is 12.3. The van der Waals surface area contributed by atoms with E-state index in [0.29, 0.717) is 12.2 Å². The number of carbonyl (C=O) groups is 2. The van der Waals surface area contributed by atoms with Crippen LogP contribution in [0.5, 0.6) is 0 Å². The molecule has 0 unspecified atom stereocenters. The van der Waals surface area contributed by atoms with E-state index in [-0.39, 0.29) is 18.4 Å². The Balaban J connectivity index is 2.17. The first-order valence-corrected chi connectivity index (χ1v) is 5.93. The topological polar surface area (TPSA) is 75.4 Å². The van der Waals surface area contributed by atoms with Crippen molar-refractivity contribution in [1.29, 1.82) is 0 Å². The van der Waals surface area contributed by atoms with Crippen LogP contribution in [0.2, 0.25) is 0 Å². The van der Waals surface area contributed by atoms with Gasteiger partial charge >= 0.3 is 5.97 Å². The minimum Gasteiger partial charge on any atom is -0.481 e. The van der Waals surface area contributed by atoms with Gasteiger partial charge in [-0.1, -0.05) is 6.92 Å². The van der Waals surface area contributed by atoms with Gasteiger partial charge in [0.05, 0.1) is 11.6 Å². The van der Waals surface area contributed by atoms with Gasteiger partial charge < -0.3 is 10.0 Å². The van der Waals surface area contributed by atoms with Gasteiger partial charge in [0.2, 0.25) is 0 Å². The summed E-state index contributed by atoms with van der Waals surface area (Å²) in [5.41, 5.74) is 1.29. The molecule has 0 saturated carbocycles. The van der Waals surface area contributed by atoms with Crippen molar-refractivity contribution in [2.24, 2.45) is 18.9 Å². The summed E-state index contributed by atoms with van der Waals surface area (Å²) < 4.78 is 1.54. The first-order valence-electron chi connectivity index (χ1n) is 5.93. The SMILES string of the molecule is Cc1cc(C(=O)N2C[C@@H](C)[C@H](C(=O)O)C2)n(C)n1. The number of carboxylic acid groups (broad SMARTS) is 1. The molecule has 1 aliphatic rings. The van der Waals surface area contributed by atoms with Gasteiger partial charge in [-0.3, -0.25) is 14.3 Å². The van der Waals surface area contributed by atoms with E-state index in [9.17, 15) is 9.59 Å². The van der Waals surface area contributed by atoms with Crippen LogP contribution in [0.4, 0.5) is 0 Å². The number of aryl methyl sites for hydroxylation is 2. The van der Waals surface area contributed by atoms with Crippen molar-refractivity contribution in [3.8, 4) is 0 Å². The molecule has 6 nitrogen and oxygen atoms in total.